The third kappa shape index (κ3) is 22.4. The zero-order valence-electron chi connectivity index (χ0n) is 19.6. The van der Waals surface area contributed by atoms with Gasteiger partial charge in [-0.2, -0.15) is 0 Å². The first-order chi connectivity index (χ1) is 17.6. The Hall–Kier alpha value is -5.36. The summed E-state index contributed by atoms with van der Waals surface area (Å²) < 4.78 is 0. The number of H-pyrrole nitrogens is 4. The highest BCUT2D eigenvalue weighted by atomic mass is 16.4. The Morgan fingerprint density at radius 1 is 0.711 bits per heavy atom. The van der Waals surface area contributed by atoms with Gasteiger partial charge in [0.25, 0.3) is 0 Å². The summed E-state index contributed by atoms with van der Waals surface area (Å²) in [5.41, 5.74) is 8.46. The topological polar surface area (TPSA) is 350 Å². The molecule has 0 saturated heterocycles. The molecule has 0 aliphatic heterocycles. The van der Waals surface area contributed by atoms with Crippen molar-refractivity contribution in [3.8, 4) is 0 Å². The second-order valence-electron chi connectivity index (χ2n) is 6.67. The van der Waals surface area contributed by atoms with Crippen molar-refractivity contribution in [3.63, 3.8) is 0 Å². The van der Waals surface area contributed by atoms with Crippen molar-refractivity contribution in [2.45, 2.75) is 24.9 Å². The van der Waals surface area contributed by atoms with Crippen LogP contribution in [0.2, 0.25) is 0 Å². The number of quaternary nitrogens is 2. The summed E-state index contributed by atoms with van der Waals surface area (Å²) in [5.74, 6) is -7.86. The number of imidazole rings is 2. The minimum Gasteiger partial charge on any atom is -0.545 e. The van der Waals surface area contributed by atoms with E-state index in [1.807, 2.05) is 0 Å². The lowest BCUT2D eigenvalue weighted by molar-refractivity contribution is -0.437. The van der Waals surface area contributed by atoms with Gasteiger partial charge in [-0.15, -0.1) is 0 Å². The van der Waals surface area contributed by atoms with Gasteiger partial charge in [0.1, 0.15) is 35.9 Å². The molecule has 0 spiro atoms. The van der Waals surface area contributed by atoms with Crippen LogP contribution in [0, 0.1) is 0 Å². The Labute approximate surface area is 213 Å². The van der Waals surface area contributed by atoms with E-state index in [1.54, 1.807) is 25.0 Å². The van der Waals surface area contributed by atoms with E-state index in [1.165, 1.54) is 0 Å². The molecule has 2 aromatic heterocycles. The summed E-state index contributed by atoms with van der Waals surface area (Å²) in [5, 5.41) is 54.9. The zero-order valence-corrected chi connectivity index (χ0v) is 19.6. The van der Waals surface area contributed by atoms with Crippen molar-refractivity contribution in [3.05, 3.63) is 60.7 Å². The highest BCUT2D eigenvalue weighted by Crippen LogP contribution is 1.91. The molecule has 12 N–H and O–H groups in total. The van der Waals surface area contributed by atoms with Crippen LogP contribution in [0.25, 0.3) is 0 Å². The van der Waals surface area contributed by atoms with Crippen LogP contribution in [-0.4, -0.2) is 68.1 Å². The lowest BCUT2D eigenvalue weighted by atomic mass is 10.2. The van der Waals surface area contributed by atoms with E-state index in [0.29, 0.717) is 37.1 Å². The molecule has 0 unspecified atom stereocenters. The molecule has 0 fully saturated rings. The largest absolute Gasteiger partial charge is 0.545 e. The average Bonchev–Trinajstić information content (AvgIpc) is 3.52. The van der Waals surface area contributed by atoms with E-state index in [9.17, 15) is 49.2 Å². The van der Waals surface area contributed by atoms with E-state index < -0.39 is 47.9 Å². The summed E-state index contributed by atoms with van der Waals surface area (Å²) in [6.45, 7) is 0. The van der Waals surface area contributed by atoms with Crippen molar-refractivity contribution in [1.29, 1.82) is 0 Å². The van der Waals surface area contributed by atoms with E-state index >= 15 is 0 Å². The number of rotatable bonds is 10. The predicted molar refractivity (Wildman–Crippen MR) is 109 cm³/mol. The summed E-state index contributed by atoms with van der Waals surface area (Å²) in [6, 6.07) is -1.39. The van der Waals surface area contributed by atoms with Gasteiger partial charge in [0.2, 0.25) is 12.7 Å². The van der Waals surface area contributed by atoms with E-state index in [0.717, 1.165) is 11.4 Å². The number of carbonyl (C=O) groups is 6. The molecule has 2 atom stereocenters. The summed E-state index contributed by atoms with van der Waals surface area (Å²) in [4.78, 5) is 69.6. The monoisotopic (exact) mass is 542 g/mol. The van der Waals surface area contributed by atoms with Gasteiger partial charge in [0.05, 0.1) is 36.7 Å². The average molecular weight is 542 g/mol. The van der Waals surface area contributed by atoms with Crippen LogP contribution in [0.15, 0.2) is 49.4 Å². The van der Waals surface area contributed by atoms with Gasteiger partial charge in [0, 0.05) is 12.2 Å². The van der Waals surface area contributed by atoms with E-state index in [-0.39, 0.29) is 0 Å². The lowest BCUT2D eigenvalue weighted by Gasteiger charge is -2.04. The molecule has 208 valence electrons. The molecule has 0 bridgehead atoms. The summed E-state index contributed by atoms with van der Waals surface area (Å²) in [6.07, 6.45) is 9.25. The van der Waals surface area contributed by atoms with Crippen LogP contribution >= 0.6 is 0 Å². The first kappa shape index (κ1) is 34.8. The van der Waals surface area contributed by atoms with Crippen LogP contribution < -0.4 is 41.9 Å². The molecular weight excluding hydrogens is 516 g/mol. The Kier molecular flexibility index (Phi) is 18.2. The zero-order chi connectivity index (χ0) is 29.7. The van der Waals surface area contributed by atoms with Crippen LogP contribution in [-0.2, 0) is 41.6 Å². The van der Waals surface area contributed by atoms with Crippen LogP contribution in [0.3, 0.4) is 0 Å². The molecule has 0 amide bonds. The number of aromatic amines is 4. The van der Waals surface area contributed by atoms with Gasteiger partial charge in [0.15, 0.2) is 0 Å². The molecule has 38 heavy (non-hydrogen) atoms. The molecule has 0 saturated carbocycles. The lowest BCUT2D eigenvalue weighted by Crippen LogP contribution is -2.69. The molecule has 0 aliphatic rings. The van der Waals surface area contributed by atoms with Crippen LogP contribution in [0.4, 0.5) is 0 Å². The first-order valence-corrected chi connectivity index (χ1v) is 10.0. The standard InChI is InChI=1S/2C6H9N3O2.2C4H4O4/c2*7-5(6(10)11)1-4-2-8-3-9-4;2*5-3(6)1-2-4(7)8/h2*2-3,5H,1,7H2,(H,8,9)(H,10,11);2*1-2H,(H,5,6)(H,7,8)/b;;2*2-1-/t2*5-;;/m00../s1. The fourth-order valence-corrected chi connectivity index (χ4v) is 1.85. The molecule has 2 rings (SSSR count). The third-order valence-electron chi connectivity index (χ3n) is 3.52. The maximum Gasteiger partial charge on any atom is 0.328 e. The number of carboxylic acids is 6. The molecule has 2 heterocycles. The fourth-order valence-electron chi connectivity index (χ4n) is 1.85. The van der Waals surface area contributed by atoms with Crippen molar-refractivity contribution < 1.29 is 80.8 Å². The summed E-state index contributed by atoms with van der Waals surface area (Å²) in [7, 11) is 0. The Balaban J connectivity index is 0. The number of carbonyl (C=O) groups excluding carboxylic acids is 4. The van der Waals surface area contributed by atoms with Gasteiger partial charge in [-0.1, -0.05) is 0 Å². The van der Waals surface area contributed by atoms with Gasteiger partial charge >= 0.3 is 11.9 Å². The van der Waals surface area contributed by atoms with Crippen molar-refractivity contribution in [2.24, 2.45) is 0 Å². The van der Waals surface area contributed by atoms with Crippen molar-refractivity contribution in [2.75, 3.05) is 0 Å². The molecular formula is C20H26N6O12. The van der Waals surface area contributed by atoms with Crippen LogP contribution in [0.1, 0.15) is 11.4 Å². The smallest absolute Gasteiger partial charge is 0.328 e. The number of hydrogen-bond acceptors (Lipinski definition) is 10. The second-order valence-corrected chi connectivity index (χ2v) is 6.67. The Bertz CT molecular complexity index is 962. The second kappa shape index (κ2) is 19.9. The van der Waals surface area contributed by atoms with Gasteiger partial charge in [-0.05, 0) is 12.2 Å². The molecule has 0 radical (unpaired) electrons. The maximum atomic E-state index is 10.2. The number of aliphatic carboxylic acids is 6. The Morgan fingerprint density at radius 2 is 1.03 bits per heavy atom. The SMILES string of the molecule is O=C([O-])/C=C\C(=O)O.O=C([O-])/C=C\C(=O)O.[NH3+][C@@H](Cc1c[nH+]c[nH]1)C(=O)[O-].[NH3+][C@@H](Cc1c[nH+]c[nH]1)C(=O)[O-]. The van der Waals surface area contributed by atoms with Gasteiger partial charge in [-0.3, -0.25) is 9.97 Å². The van der Waals surface area contributed by atoms with Crippen molar-refractivity contribution >= 4 is 35.8 Å². The van der Waals surface area contributed by atoms with Crippen LogP contribution in [0.5, 0.6) is 0 Å². The molecule has 0 aromatic carbocycles. The fraction of sp³-hybridized carbons (Fsp3) is 0.200. The molecule has 18 nitrogen and oxygen atoms in total. The predicted octanol–water partition coefficient (Wildman–Crippen LogP) is -9.78. The minimum atomic E-state index is -1.51. The first-order valence-electron chi connectivity index (χ1n) is 10.0. The number of hydrogen-bond donors (Lipinski definition) is 6. The molecule has 2 aromatic rings. The molecule has 18 heteroatoms. The quantitative estimate of drug-likeness (QED) is 0.152. The van der Waals surface area contributed by atoms with E-state index in [4.69, 9.17) is 10.2 Å². The van der Waals surface area contributed by atoms with Crippen molar-refractivity contribution in [1.82, 2.24) is 9.97 Å². The third-order valence-corrected chi connectivity index (χ3v) is 3.52. The number of carboxylic acid groups (broad SMARTS) is 6. The van der Waals surface area contributed by atoms with Gasteiger partial charge < -0.3 is 61.3 Å². The highest BCUT2D eigenvalue weighted by Gasteiger charge is 2.12. The van der Waals surface area contributed by atoms with Gasteiger partial charge in [-0.25, -0.2) is 19.6 Å². The number of nitrogens with one attached hydrogen (secondary N) is 4. The Morgan fingerprint density at radius 3 is 1.18 bits per heavy atom. The molecule has 0 aliphatic carbocycles. The minimum absolute atomic E-state index is 0.367. The highest BCUT2D eigenvalue weighted by molar-refractivity contribution is 5.89. The summed E-state index contributed by atoms with van der Waals surface area (Å²) >= 11 is 0. The maximum absolute atomic E-state index is 10.2. The van der Waals surface area contributed by atoms with E-state index in [2.05, 4.69) is 31.4 Å². The normalized spacial score (nSPS) is 11.4. The number of aromatic nitrogens is 4.